The molecule has 24 heavy (non-hydrogen) atoms. The highest BCUT2D eigenvalue weighted by atomic mass is 16.5. The Morgan fingerprint density at radius 1 is 1.25 bits per heavy atom. The van der Waals surface area contributed by atoms with Gasteiger partial charge in [-0.15, -0.1) is 0 Å². The van der Waals surface area contributed by atoms with Crippen LogP contribution in [0.2, 0.25) is 0 Å². The lowest BCUT2D eigenvalue weighted by molar-refractivity contribution is 0.0317. The monoisotopic (exact) mass is 329 g/mol. The predicted molar refractivity (Wildman–Crippen MR) is 92.2 cm³/mol. The van der Waals surface area contributed by atoms with E-state index >= 15 is 0 Å². The van der Waals surface area contributed by atoms with Crippen LogP contribution in [-0.2, 0) is 11.3 Å². The summed E-state index contributed by atoms with van der Waals surface area (Å²) in [6.45, 7) is 7.49. The number of likely N-dealkylation sites (tertiary alicyclic amines) is 1. The molecule has 1 aliphatic carbocycles. The van der Waals surface area contributed by atoms with E-state index in [1.807, 2.05) is 18.2 Å². The summed E-state index contributed by atoms with van der Waals surface area (Å²) >= 11 is 0. The molecule has 4 nitrogen and oxygen atoms in total. The van der Waals surface area contributed by atoms with Crippen molar-refractivity contribution in [1.82, 2.24) is 4.90 Å². The first-order valence-electron chi connectivity index (χ1n) is 9.23. The normalized spacial score (nSPS) is 29.3. The number of ether oxygens (including phenoxy) is 2. The third kappa shape index (κ3) is 3.04. The highest BCUT2D eigenvalue weighted by Gasteiger charge is 2.38. The van der Waals surface area contributed by atoms with E-state index in [9.17, 15) is 4.79 Å². The fourth-order valence-corrected chi connectivity index (χ4v) is 4.57. The van der Waals surface area contributed by atoms with Crippen molar-refractivity contribution in [3.8, 4) is 5.75 Å². The maximum absolute atomic E-state index is 11.6. The number of esters is 1. The SMILES string of the molecule is CC1(C)CCCN([C@H]2CCC[C@@H]2Oc2ccc3c(c2)COC3=O)C1. The van der Waals surface area contributed by atoms with E-state index in [1.54, 1.807) is 0 Å². The molecule has 1 saturated carbocycles. The Morgan fingerprint density at radius 3 is 2.96 bits per heavy atom. The number of carbonyl (C=O) groups excluding carboxylic acids is 1. The van der Waals surface area contributed by atoms with Crippen molar-refractivity contribution in [1.29, 1.82) is 0 Å². The molecule has 2 fully saturated rings. The van der Waals surface area contributed by atoms with Crippen molar-refractivity contribution in [3.63, 3.8) is 0 Å². The Labute approximate surface area is 144 Å². The molecule has 1 aromatic rings. The summed E-state index contributed by atoms with van der Waals surface area (Å²) in [6, 6.07) is 6.26. The average molecular weight is 329 g/mol. The van der Waals surface area contributed by atoms with Crippen LogP contribution in [-0.4, -0.2) is 36.1 Å². The van der Waals surface area contributed by atoms with Gasteiger partial charge < -0.3 is 9.47 Å². The number of fused-ring (bicyclic) bond motifs is 1. The molecular weight excluding hydrogens is 302 g/mol. The van der Waals surface area contributed by atoms with Crippen LogP contribution in [0.4, 0.5) is 0 Å². The second-order valence-electron chi connectivity index (χ2n) is 8.29. The lowest BCUT2D eigenvalue weighted by Gasteiger charge is -2.42. The number of nitrogens with zero attached hydrogens (tertiary/aromatic N) is 1. The quantitative estimate of drug-likeness (QED) is 0.791. The van der Waals surface area contributed by atoms with Gasteiger partial charge in [-0.25, -0.2) is 4.79 Å². The zero-order valence-corrected chi connectivity index (χ0v) is 14.7. The van der Waals surface area contributed by atoms with Gasteiger partial charge in [-0.1, -0.05) is 13.8 Å². The van der Waals surface area contributed by atoms with Gasteiger partial charge in [0.25, 0.3) is 0 Å². The van der Waals surface area contributed by atoms with Crippen molar-refractivity contribution in [2.45, 2.75) is 64.7 Å². The van der Waals surface area contributed by atoms with Gasteiger partial charge >= 0.3 is 5.97 Å². The molecule has 0 N–H and O–H groups in total. The molecule has 2 aliphatic heterocycles. The number of piperidine rings is 1. The lowest BCUT2D eigenvalue weighted by atomic mass is 9.83. The molecular formula is C20H27NO3. The first-order chi connectivity index (χ1) is 11.5. The van der Waals surface area contributed by atoms with Crippen molar-refractivity contribution in [3.05, 3.63) is 29.3 Å². The fraction of sp³-hybridized carbons (Fsp3) is 0.650. The Balaban J connectivity index is 1.47. The molecule has 0 amide bonds. The highest BCUT2D eigenvalue weighted by molar-refractivity contribution is 5.93. The van der Waals surface area contributed by atoms with Gasteiger partial charge in [0.05, 0.1) is 5.56 Å². The van der Waals surface area contributed by atoms with Gasteiger partial charge in [-0.2, -0.15) is 0 Å². The standard InChI is InChI=1S/C20H27NO3/c1-20(2)9-4-10-21(13-20)17-5-3-6-18(17)24-15-7-8-16-14(11-15)12-23-19(16)22/h7-8,11,17-18H,3-6,9-10,12-13H2,1-2H3/t17-,18-/m0/s1. The van der Waals surface area contributed by atoms with Gasteiger partial charge in [0.2, 0.25) is 0 Å². The largest absolute Gasteiger partial charge is 0.489 e. The van der Waals surface area contributed by atoms with Crippen LogP contribution >= 0.6 is 0 Å². The van der Waals surface area contributed by atoms with Crippen LogP contribution in [0.3, 0.4) is 0 Å². The Hall–Kier alpha value is -1.55. The number of cyclic esters (lactones) is 1. The minimum atomic E-state index is -0.217. The maximum Gasteiger partial charge on any atom is 0.338 e. The number of benzene rings is 1. The summed E-state index contributed by atoms with van der Waals surface area (Å²) in [5, 5.41) is 0. The molecule has 4 rings (SSSR count). The van der Waals surface area contributed by atoms with Crippen LogP contribution in [0, 0.1) is 5.41 Å². The Kier molecular flexibility index (Phi) is 4.03. The van der Waals surface area contributed by atoms with Gasteiger partial charge in [-0.05, 0) is 62.3 Å². The molecule has 1 saturated heterocycles. The van der Waals surface area contributed by atoms with E-state index in [1.165, 1.54) is 38.8 Å². The first-order valence-corrected chi connectivity index (χ1v) is 9.23. The van der Waals surface area contributed by atoms with Crippen LogP contribution in [0.15, 0.2) is 18.2 Å². The third-order valence-corrected chi connectivity index (χ3v) is 5.76. The molecule has 2 heterocycles. The van der Waals surface area contributed by atoms with E-state index in [0.717, 1.165) is 17.7 Å². The van der Waals surface area contributed by atoms with Gasteiger partial charge in [0.1, 0.15) is 18.5 Å². The summed E-state index contributed by atoms with van der Waals surface area (Å²) in [6.07, 6.45) is 6.45. The molecule has 3 aliphatic rings. The zero-order chi connectivity index (χ0) is 16.7. The summed E-state index contributed by atoms with van der Waals surface area (Å²) in [5.41, 5.74) is 2.05. The Bertz CT molecular complexity index is 640. The van der Waals surface area contributed by atoms with Crippen molar-refractivity contribution in [2.24, 2.45) is 5.41 Å². The maximum atomic E-state index is 11.6. The van der Waals surface area contributed by atoms with Gasteiger partial charge in [0, 0.05) is 18.2 Å². The highest BCUT2D eigenvalue weighted by Crippen LogP contribution is 2.36. The Morgan fingerprint density at radius 2 is 2.12 bits per heavy atom. The smallest absolute Gasteiger partial charge is 0.338 e. The van der Waals surface area contributed by atoms with Crippen LogP contribution in [0.5, 0.6) is 5.75 Å². The van der Waals surface area contributed by atoms with Crippen molar-refractivity contribution >= 4 is 5.97 Å². The fourth-order valence-electron chi connectivity index (χ4n) is 4.57. The molecule has 130 valence electrons. The number of carbonyl (C=O) groups is 1. The molecule has 4 heteroatoms. The number of hydrogen-bond donors (Lipinski definition) is 0. The first kappa shape index (κ1) is 15.9. The molecule has 0 unspecified atom stereocenters. The van der Waals surface area contributed by atoms with E-state index in [4.69, 9.17) is 9.47 Å². The summed E-state index contributed by atoms with van der Waals surface area (Å²) in [5.74, 6) is 0.658. The minimum absolute atomic E-state index is 0.217. The molecule has 0 radical (unpaired) electrons. The van der Waals surface area contributed by atoms with Crippen molar-refractivity contribution < 1.29 is 14.3 Å². The molecule has 2 atom stereocenters. The van der Waals surface area contributed by atoms with Crippen LogP contribution in [0.25, 0.3) is 0 Å². The molecule has 0 bridgehead atoms. The van der Waals surface area contributed by atoms with E-state index < -0.39 is 0 Å². The average Bonchev–Trinajstić information content (AvgIpc) is 3.14. The van der Waals surface area contributed by atoms with Crippen molar-refractivity contribution in [2.75, 3.05) is 13.1 Å². The summed E-state index contributed by atoms with van der Waals surface area (Å²) < 4.78 is 11.4. The number of hydrogen-bond acceptors (Lipinski definition) is 4. The zero-order valence-electron chi connectivity index (χ0n) is 14.7. The molecule has 0 spiro atoms. The van der Waals surface area contributed by atoms with Crippen LogP contribution < -0.4 is 4.74 Å². The predicted octanol–water partition coefficient (Wildman–Crippen LogP) is 3.78. The second-order valence-corrected chi connectivity index (χ2v) is 8.29. The van der Waals surface area contributed by atoms with Gasteiger partial charge in [-0.3, -0.25) is 4.90 Å². The van der Waals surface area contributed by atoms with Gasteiger partial charge in [0.15, 0.2) is 0 Å². The second kappa shape index (κ2) is 6.07. The van der Waals surface area contributed by atoms with E-state index in [0.29, 0.717) is 23.6 Å². The topological polar surface area (TPSA) is 38.8 Å². The molecule has 0 aromatic heterocycles. The third-order valence-electron chi connectivity index (χ3n) is 5.76. The van der Waals surface area contributed by atoms with E-state index in [-0.39, 0.29) is 12.1 Å². The molecule has 1 aromatic carbocycles. The van der Waals surface area contributed by atoms with E-state index in [2.05, 4.69) is 18.7 Å². The van der Waals surface area contributed by atoms with Crippen LogP contribution in [0.1, 0.15) is 61.9 Å². The lowest BCUT2D eigenvalue weighted by Crippen LogP contribution is -2.49. The number of rotatable bonds is 3. The minimum Gasteiger partial charge on any atom is -0.489 e. The summed E-state index contributed by atoms with van der Waals surface area (Å²) in [7, 11) is 0. The summed E-state index contributed by atoms with van der Waals surface area (Å²) in [4.78, 5) is 14.2.